The summed E-state index contributed by atoms with van der Waals surface area (Å²) in [5, 5.41) is 4.97. The molecular formula is C11H12BrClN2O3S. The second-order valence-electron chi connectivity index (χ2n) is 4.31. The van der Waals surface area contributed by atoms with Crippen LogP contribution in [0.25, 0.3) is 0 Å². The second kappa shape index (κ2) is 5.40. The molecule has 5 nitrogen and oxygen atoms in total. The average Bonchev–Trinajstić information content (AvgIpc) is 2.83. The maximum Gasteiger partial charge on any atom is 0.255 e. The molecule has 0 saturated carbocycles. The third-order valence-electron chi connectivity index (χ3n) is 2.93. The number of hydrogen-bond donors (Lipinski definition) is 1. The third-order valence-corrected chi connectivity index (χ3v) is 4.85. The minimum Gasteiger partial charge on any atom is -0.339 e. The van der Waals surface area contributed by atoms with Crippen LogP contribution >= 0.6 is 27.5 Å². The highest BCUT2D eigenvalue weighted by atomic mass is 79.9. The maximum atomic E-state index is 12.3. The Bertz CT molecular complexity index is 627. The van der Waals surface area contributed by atoms with E-state index < -0.39 is 10.0 Å². The number of nitrogens with zero attached hydrogens (tertiary/aromatic N) is 1. The van der Waals surface area contributed by atoms with Crippen molar-refractivity contribution in [3.05, 3.63) is 27.2 Å². The molecular weight excluding hydrogens is 356 g/mol. The topological polar surface area (TPSA) is 80.5 Å². The van der Waals surface area contributed by atoms with E-state index in [0.29, 0.717) is 17.6 Å². The summed E-state index contributed by atoms with van der Waals surface area (Å²) in [4.78, 5) is 13.7. The molecule has 2 N–H and O–H groups in total. The lowest BCUT2D eigenvalue weighted by Gasteiger charge is -2.17. The molecule has 1 aliphatic heterocycles. The Labute approximate surface area is 124 Å². The molecule has 1 aromatic carbocycles. The summed E-state index contributed by atoms with van der Waals surface area (Å²) in [5.41, 5.74) is 0.155. The van der Waals surface area contributed by atoms with Gasteiger partial charge in [-0.25, -0.2) is 13.6 Å². The van der Waals surface area contributed by atoms with E-state index in [1.807, 2.05) is 0 Å². The van der Waals surface area contributed by atoms with Gasteiger partial charge < -0.3 is 4.90 Å². The first-order valence-electron chi connectivity index (χ1n) is 5.62. The van der Waals surface area contributed by atoms with Crippen molar-refractivity contribution in [2.45, 2.75) is 17.7 Å². The van der Waals surface area contributed by atoms with Gasteiger partial charge in [-0.1, -0.05) is 27.5 Å². The Morgan fingerprint density at radius 3 is 2.42 bits per heavy atom. The van der Waals surface area contributed by atoms with Crippen molar-refractivity contribution in [2.75, 3.05) is 13.1 Å². The van der Waals surface area contributed by atoms with Crippen LogP contribution in [0.1, 0.15) is 23.2 Å². The van der Waals surface area contributed by atoms with E-state index in [2.05, 4.69) is 15.9 Å². The van der Waals surface area contributed by atoms with E-state index >= 15 is 0 Å². The summed E-state index contributed by atoms with van der Waals surface area (Å²) in [7, 11) is -3.97. The van der Waals surface area contributed by atoms with Crippen molar-refractivity contribution in [2.24, 2.45) is 5.14 Å². The van der Waals surface area contributed by atoms with Crippen LogP contribution in [-0.2, 0) is 10.0 Å². The standard InChI is InChI=1S/C11H12BrClN2O3S/c12-7-5-8(11(16)15-3-1-2-4-15)10(13)9(6-7)19(14,17)18/h5-6H,1-4H2,(H2,14,17,18). The fraction of sp³-hybridized carbons (Fsp3) is 0.364. The van der Waals surface area contributed by atoms with Gasteiger partial charge in [0.15, 0.2) is 0 Å². The molecule has 104 valence electrons. The number of nitrogens with two attached hydrogens (primary N) is 1. The first-order valence-corrected chi connectivity index (χ1v) is 8.33. The Kier molecular flexibility index (Phi) is 4.20. The molecule has 1 aromatic rings. The Morgan fingerprint density at radius 2 is 1.89 bits per heavy atom. The van der Waals surface area contributed by atoms with Gasteiger partial charge in [0.25, 0.3) is 5.91 Å². The number of likely N-dealkylation sites (tertiary alicyclic amines) is 1. The van der Waals surface area contributed by atoms with E-state index in [1.165, 1.54) is 12.1 Å². The number of carbonyl (C=O) groups excluding carboxylic acids is 1. The zero-order valence-corrected chi connectivity index (χ0v) is 13.1. The van der Waals surface area contributed by atoms with Gasteiger partial charge in [-0.05, 0) is 25.0 Å². The van der Waals surface area contributed by atoms with Crippen molar-refractivity contribution in [3.63, 3.8) is 0 Å². The number of sulfonamides is 1. The number of benzene rings is 1. The number of rotatable bonds is 2. The monoisotopic (exact) mass is 366 g/mol. The number of halogens is 2. The molecule has 0 radical (unpaired) electrons. The van der Waals surface area contributed by atoms with Gasteiger partial charge in [-0.15, -0.1) is 0 Å². The number of hydrogen-bond acceptors (Lipinski definition) is 3. The van der Waals surface area contributed by atoms with E-state index in [0.717, 1.165) is 12.8 Å². The second-order valence-corrected chi connectivity index (χ2v) is 7.13. The molecule has 1 saturated heterocycles. The lowest BCUT2D eigenvalue weighted by Crippen LogP contribution is -2.28. The Hall–Kier alpha value is -0.630. The van der Waals surface area contributed by atoms with Crippen molar-refractivity contribution in [1.29, 1.82) is 0 Å². The SMILES string of the molecule is NS(=O)(=O)c1cc(Br)cc(C(=O)N2CCCC2)c1Cl. The fourth-order valence-corrected chi connectivity index (χ4v) is 3.79. The highest BCUT2D eigenvalue weighted by molar-refractivity contribution is 9.10. The van der Waals surface area contributed by atoms with Crippen molar-refractivity contribution < 1.29 is 13.2 Å². The number of primary sulfonamides is 1. The van der Waals surface area contributed by atoms with Gasteiger partial charge in [0.2, 0.25) is 10.0 Å². The minimum atomic E-state index is -3.97. The van der Waals surface area contributed by atoms with Crippen LogP contribution < -0.4 is 5.14 Å². The first kappa shape index (κ1) is 14.8. The molecule has 1 amide bonds. The zero-order valence-electron chi connectivity index (χ0n) is 9.90. The van der Waals surface area contributed by atoms with Gasteiger partial charge in [-0.3, -0.25) is 4.79 Å². The molecule has 2 rings (SSSR count). The third kappa shape index (κ3) is 3.10. The lowest BCUT2D eigenvalue weighted by atomic mass is 10.2. The van der Waals surface area contributed by atoms with Crippen molar-refractivity contribution in [1.82, 2.24) is 4.90 Å². The van der Waals surface area contributed by atoms with Crippen LogP contribution in [0.3, 0.4) is 0 Å². The van der Waals surface area contributed by atoms with Crippen LogP contribution in [0.15, 0.2) is 21.5 Å². The first-order chi connectivity index (χ1) is 8.80. The molecule has 0 spiro atoms. The summed E-state index contributed by atoms with van der Waals surface area (Å²) in [6, 6.07) is 2.80. The van der Waals surface area contributed by atoms with Crippen LogP contribution in [0, 0.1) is 0 Å². The minimum absolute atomic E-state index is 0.123. The van der Waals surface area contributed by atoms with Crippen LogP contribution in [0.5, 0.6) is 0 Å². The maximum absolute atomic E-state index is 12.3. The van der Waals surface area contributed by atoms with E-state index in [1.54, 1.807) is 4.90 Å². The summed E-state index contributed by atoms with van der Waals surface area (Å²) in [6.45, 7) is 1.32. The normalized spacial score (nSPS) is 15.8. The molecule has 0 unspecified atom stereocenters. The van der Waals surface area contributed by atoms with Crippen molar-refractivity contribution >= 4 is 43.5 Å². The number of carbonyl (C=O) groups is 1. The summed E-state index contributed by atoms with van der Waals surface area (Å²) in [6.07, 6.45) is 1.89. The van der Waals surface area contributed by atoms with E-state index in [9.17, 15) is 13.2 Å². The fourth-order valence-electron chi connectivity index (χ4n) is 2.02. The van der Waals surface area contributed by atoms with Gasteiger partial charge in [0.1, 0.15) is 4.90 Å². The molecule has 0 bridgehead atoms. The zero-order chi connectivity index (χ0) is 14.2. The van der Waals surface area contributed by atoms with Gasteiger partial charge in [0.05, 0.1) is 10.6 Å². The van der Waals surface area contributed by atoms with Crippen LogP contribution in [0.2, 0.25) is 5.02 Å². The molecule has 0 aliphatic carbocycles. The van der Waals surface area contributed by atoms with Gasteiger partial charge >= 0.3 is 0 Å². The smallest absolute Gasteiger partial charge is 0.255 e. The predicted octanol–water partition coefficient (Wildman–Crippen LogP) is 1.99. The summed E-state index contributed by atoms with van der Waals surface area (Å²) >= 11 is 9.18. The summed E-state index contributed by atoms with van der Waals surface area (Å²) in [5.74, 6) is -0.270. The highest BCUT2D eigenvalue weighted by Crippen LogP contribution is 2.30. The average molecular weight is 368 g/mol. The van der Waals surface area contributed by atoms with Gasteiger partial charge in [-0.2, -0.15) is 0 Å². The molecule has 8 heteroatoms. The molecule has 0 aromatic heterocycles. The predicted molar refractivity (Wildman–Crippen MR) is 75.7 cm³/mol. The quantitative estimate of drug-likeness (QED) is 0.868. The molecule has 19 heavy (non-hydrogen) atoms. The summed E-state index contributed by atoms with van der Waals surface area (Å²) < 4.78 is 23.3. The van der Waals surface area contributed by atoms with E-state index in [-0.39, 0.29) is 21.4 Å². The van der Waals surface area contributed by atoms with E-state index in [4.69, 9.17) is 16.7 Å². The van der Waals surface area contributed by atoms with Crippen LogP contribution in [0.4, 0.5) is 0 Å². The largest absolute Gasteiger partial charge is 0.339 e. The Morgan fingerprint density at radius 1 is 1.32 bits per heavy atom. The number of amides is 1. The molecule has 1 fully saturated rings. The van der Waals surface area contributed by atoms with Crippen molar-refractivity contribution in [3.8, 4) is 0 Å². The van der Waals surface area contributed by atoms with Crippen LogP contribution in [-0.4, -0.2) is 32.3 Å². The highest BCUT2D eigenvalue weighted by Gasteiger charge is 2.25. The Balaban J connectivity index is 2.52. The lowest BCUT2D eigenvalue weighted by molar-refractivity contribution is 0.0792. The molecule has 1 aliphatic rings. The molecule has 1 heterocycles. The molecule has 0 atom stereocenters. The van der Waals surface area contributed by atoms with Gasteiger partial charge in [0, 0.05) is 17.6 Å².